The molecule has 2 heteroatoms. The highest BCUT2D eigenvalue weighted by molar-refractivity contribution is 5.79. The molecule has 0 radical (unpaired) electrons. The van der Waals surface area contributed by atoms with Gasteiger partial charge in [0.2, 0.25) is 0 Å². The van der Waals surface area contributed by atoms with Crippen LogP contribution in [0.15, 0.2) is 66.6 Å². The highest BCUT2D eigenvalue weighted by Crippen LogP contribution is 2.33. The fraction of sp³-hybridized carbons (Fsp3) is 0. The molecule has 0 saturated carbocycles. The molecule has 82 valence electrons. The van der Waals surface area contributed by atoms with E-state index in [9.17, 15) is 0 Å². The lowest BCUT2D eigenvalue weighted by atomic mass is 10.1. The van der Waals surface area contributed by atoms with Crippen molar-refractivity contribution in [3.8, 4) is 0 Å². The maximum Gasteiger partial charge on any atom is 0.174 e. The van der Waals surface area contributed by atoms with E-state index in [0.717, 1.165) is 11.4 Å². The molecule has 1 aromatic heterocycles. The second kappa shape index (κ2) is 4.26. The number of aromatic nitrogens is 1. The molecular weight excluding hydrogens is 208 g/mol. The summed E-state index contributed by atoms with van der Waals surface area (Å²) in [4.78, 5) is 0. The van der Waals surface area contributed by atoms with Gasteiger partial charge in [0.05, 0.1) is 0 Å². The largest absolute Gasteiger partial charge is 0.653 e. The number of para-hydroxylation sites is 1. The zero-order valence-corrected chi connectivity index (χ0v) is 9.32. The van der Waals surface area contributed by atoms with E-state index in [1.54, 1.807) is 0 Å². The summed E-state index contributed by atoms with van der Waals surface area (Å²) < 4.78 is 2.00. The Morgan fingerprint density at radius 3 is 2.59 bits per heavy atom. The van der Waals surface area contributed by atoms with Gasteiger partial charge in [-0.3, -0.25) is 0 Å². The second-order valence-corrected chi connectivity index (χ2v) is 3.88. The maximum atomic E-state index is 4.59. The van der Waals surface area contributed by atoms with Crippen molar-refractivity contribution in [1.29, 1.82) is 0 Å². The van der Waals surface area contributed by atoms with Crippen LogP contribution in [0.1, 0.15) is 5.56 Å². The van der Waals surface area contributed by atoms with Crippen molar-refractivity contribution in [2.24, 2.45) is 0 Å². The number of benzene rings is 1. The molecule has 0 N–H and O–H groups in total. The number of hydrogen-bond acceptors (Lipinski definition) is 0. The van der Waals surface area contributed by atoms with Gasteiger partial charge >= 0.3 is 0 Å². The van der Waals surface area contributed by atoms with Crippen molar-refractivity contribution < 1.29 is 4.57 Å². The molecule has 0 saturated heterocycles. The van der Waals surface area contributed by atoms with Gasteiger partial charge in [0.1, 0.15) is 0 Å². The van der Waals surface area contributed by atoms with Crippen molar-refractivity contribution in [1.82, 2.24) is 0 Å². The minimum Gasteiger partial charge on any atom is -0.653 e. The van der Waals surface area contributed by atoms with E-state index in [2.05, 4.69) is 17.5 Å². The van der Waals surface area contributed by atoms with Gasteiger partial charge in [0, 0.05) is 12.1 Å². The smallest absolute Gasteiger partial charge is 0.174 e. The third kappa shape index (κ3) is 2.11. The molecule has 0 bridgehead atoms. The fourth-order valence-electron chi connectivity index (χ4n) is 1.80. The number of pyridine rings is 1. The van der Waals surface area contributed by atoms with Crippen molar-refractivity contribution in [2.45, 2.75) is 0 Å². The molecule has 2 aromatic rings. The molecule has 1 aliphatic rings. The zero-order chi connectivity index (χ0) is 11.5. The molecule has 1 aromatic carbocycles. The summed E-state index contributed by atoms with van der Waals surface area (Å²) in [6.45, 7) is 0. The van der Waals surface area contributed by atoms with Crippen LogP contribution in [0.3, 0.4) is 0 Å². The minimum atomic E-state index is 0.958. The average molecular weight is 220 g/mol. The second-order valence-electron chi connectivity index (χ2n) is 3.88. The Balaban J connectivity index is 1.93. The third-order valence-corrected chi connectivity index (χ3v) is 2.64. The summed E-state index contributed by atoms with van der Waals surface area (Å²) in [6, 6.07) is 14.1. The van der Waals surface area contributed by atoms with E-state index in [1.807, 2.05) is 65.6 Å². The molecular formula is C15H12N2. The van der Waals surface area contributed by atoms with Crippen LogP contribution in [0.4, 0.5) is 5.69 Å². The highest BCUT2D eigenvalue weighted by atomic mass is 15.0. The Labute approximate surface area is 101 Å². The number of rotatable bonds is 1. The lowest BCUT2D eigenvalue weighted by Crippen LogP contribution is -2.24. The SMILES string of the molecule is C1=Cc2ccccc2[N-]/C1=C/[n+]1ccccc1. The molecule has 2 nitrogen and oxygen atoms in total. The first-order chi connectivity index (χ1) is 8.42. The van der Waals surface area contributed by atoms with Gasteiger partial charge in [0.25, 0.3) is 0 Å². The quantitative estimate of drug-likeness (QED) is 0.655. The fourth-order valence-corrected chi connectivity index (χ4v) is 1.80. The van der Waals surface area contributed by atoms with Gasteiger partial charge in [-0.15, -0.1) is 5.69 Å². The third-order valence-electron chi connectivity index (χ3n) is 2.64. The van der Waals surface area contributed by atoms with Gasteiger partial charge in [-0.05, 0) is 5.56 Å². The summed E-state index contributed by atoms with van der Waals surface area (Å²) in [6.07, 6.45) is 10.1. The Morgan fingerprint density at radius 2 is 1.71 bits per heavy atom. The Kier molecular flexibility index (Phi) is 2.47. The highest BCUT2D eigenvalue weighted by Gasteiger charge is 1.98. The Morgan fingerprint density at radius 1 is 0.882 bits per heavy atom. The van der Waals surface area contributed by atoms with Crippen molar-refractivity contribution in [3.05, 3.63) is 77.5 Å². The molecule has 3 rings (SSSR count). The molecule has 0 atom stereocenters. The molecule has 17 heavy (non-hydrogen) atoms. The molecule has 1 aliphatic heterocycles. The lowest BCUT2D eigenvalue weighted by Gasteiger charge is -2.27. The van der Waals surface area contributed by atoms with Crippen LogP contribution in [-0.2, 0) is 0 Å². The number of hydrogen-bond donors (Lipinski definition) is 0. The van der Waals surface area contributed by atoms with E-state index in [0.29, 0.717) is 0 Å². The Hall–Kier alpha value is -2.35. The van der Waals surface area contributed by atoms with Crippen molar-refractivity contribution in [3.63, 3.8) is 0 Å². The number of nitrogens with zero attached hydrogens (tertiary/aromatic N) is 2. The van der Waals surface area contributed by atoms with Gasteiger partial charge in [0.15, 0.2) is 18.6 Å². The zero-order valence-electron chi connectivity index (χ0n) is 9.32. The topological polar surface area (TPSA) is 18.0 Å². The summed E-state index contributed by atoms with van der Waals surface area (Å²) in [5.41, 5.74) is 3.15. The van der Waals surface area contributed by atoms with Crippen LogP contribution in [0.5, 0.6) is 0 Å². The van der Waals surface area contributed by atoms with E-state index in [-0.39, 0.29) is 0 Å². The van der Waals surface area contributed by atoms with Gasteiger partial charge in [-0.1, -0.05) is 48.2 Å². The van der Waals surface area contributed by atoms with Gasteiger partial charge < -0.3 is 5.32 Å². The van der Waals surface area contributed by atoms with Crippen molar-refractivity contribution >= 4 is 18.0 Å². The predicted molar refractivity (Wildman–Crippen MR) is 69.4 cm³/mol. The predicted octanol–water partition coefficient (Wildman–Crippen LogP) is 3.50. The first-order valence-corrected chi connectivity index (χ1v) is 5.58. The van der Waals surface area contributed by atoms with Crippen LogP contribution >= 0.6 is 0 Å². The maximum absolute atomic E-state index is 4.59. The molecule has 0 spiro atoms. The van der Waals surface area contributed by atoms with E-state index < -0.39 is 0 Å². The van der Waals surface area contributed by atoms with Crippen LogP contribution in [-0.4, -0.2) is 0 Å². The molecule has 2 heterocycles. The summed E-state index contributed by atoms with van der Waals surface area (Å²) in [7, 11) is 0. The molecule has 0 unspecified atom stereocenters. The monoisotopic (exact) mass is 220 g/mol. The summed E-state index contributed by atoms with van der Waals surface area (Å²) in [5, 5.41) is 4.59. The first-order valence-electron chi connectivity index (χ1n) is 5.58. The minimum absolute atomic E-state index is 0.958. The molecule has 0 fully saturated rings. The van der Waals surface area contributed by atoms with Crippen molar-refractivity contribution in [2.75, 3.05) is 0 Å². The van der Waals surface area contributed by atoms with Crippen LogP contribution in [0, 0.1) is 0 Å². The summed E-state index contributed by atoms with van der Waals surface area (Å²) in [5.74, 6) is 0. The molecule has 0 amide bonds. The van der Waals surface area contributed by atoms with E-state index in [1.165, 1.54) is 5.56 Å². The van der Waals surface area contributed by atoms with E-state index >= 15 is 0 Å². The molecule has 0 aliphatic carbocycles. The van der Waals surface area contributed by atoms with Gasteiger partial charge in [-0.25, -0.2) is 0 Å². The summed E-state index contributed by atoms with van der Waals surface area (Å²) >= 11 is 0. The Bertz CT molecular complexity index is 583. The lowest BCUT2D eigenvalue weighted by molar-refractivity contribution is -0.568. The number of fused-ring (bicyclic) bond motifs is 1. The average Bonchev–Trinajstić information content (AvgIpc) is 2.40. The number of allylic oxidation sites excluding steroid dienone is 1. The van der Waals surface area contributed by atoms with Gasteiger partial charge in [-0.2, -0.15) is 4.57 Å². The van der Waals surface area contributed by atoms with E-state index in [4.69, 9.17) is 0 Å². The van der Waals surface area contributed by atoms with Crippen LogP contribution < -0.4 is 4.57 Å². The standard InChI is InChI=1S/C15H12N2/c1-4-10-17(11-5-1)12-14-9-8-13-6-2-3-7-15(13)16-14/h1-12H/b14-12+. The normalized spacial score (nSPS) is 15.4. The first kappa shape index (κ1) is 9.85. The van der Waals surface area contributed by atoms with Crippen LogP contribution in [0.25, 0.3) is 17.6 Å². The van der Waals surface area contributed by atoms with Crippen LogP contribution in [0.2, 0.25) is 0 Å².